The van der Waals surface area contributed by atoms with Crippen LogP contribution in [0.15, 0.2) is 30.9 Å². The summed E-state index contributed by atoms with van der Waals surface area (Å²) in [5.74, 6) is -0.341. The fraction of sp³-hybridized carbons (Fsp3) is 0.111. The summed E-state index contributed by atoms with van der Waals surface area (Å²) in [6.45, 7) is 3.50. The van der Waals surface area contributed by atoms with Crippen molar-refractivity contribution in [2.24, 2.45) is 5.73 Å². The minimum absolute atomic E-state index is 0. The molecule has 0 unspecified atom stereocenters. The molecular weight excluding hydrogens is 212 g/mol. The molecule has 0 radical (unpaired) electrons. The van der Waals surface area contributed by atoms with Crippen LogP contribution in [-0.2, 0) is 0 Å². The Kier molecular flexibility index (Phi) is 4.99. The summed E-state index contributed by atoms with van der Waals surface area (Å²) in [7, 11) is 0. The van der Waals surface area contributed by atoms with Crippen LogP contribution in [0.5, 0.6) is 0 Å². The first-order valence-electron chi connectivity index (χ1n) is 3.48. The third-order valence-corrected chi connectivity index (χ3v) is 1.92. The minimum Gasteiger partial charge on any atom is -0.321 e. The number of nitrogens with two attached hydrogens (primary N) is 1. The van der Waals surface area contributed by atoms with Gasteiger partial charge < -0.3 is 5.73 Å². The average molecular weight is 222 g/mol. The van der Waals surface area contributed by atoms with Crippen molar-refractivity contribution in [3.05, 3.63) is 47.3 Å². The molecule has 0 heterocycles. The second kappa shape index (κ2) is 5.22. The van der Waals surface area contributed by atoms with E-state index in [9.17, 15) is 4.39 Å². The average Bonchev–Trinajstić information content (AvgIpc) is 2.08. The Labute approximate surface area is 87.8 Å². The van der Waals surface area contributed by atoms with E-state index in [0.29, 0.717) is 10.6 Å². The monoisotopic (exact) mass is 221 g/mol. The van der Waals surface area contributed by atoms with Crippen molar-refractivity contribution in [3.63, 3.8) is 0 Å². The van der Waals surface area contributed by atoms with E-state index in [1.807, 2.05) is 0 Å². The molecule has 4 heteroatoms. The number of rotatable bonds is 2. The molecule has 0 amide bonds. The van der Waals surface area contributed by atoms with Crippen molar-refractivity contribution in [2.45, 2.75) is 6.04 Å². The van der Waals surface area contributed by atoms with E-state index < -0.39 is 6.04 Å². The Bertz CT molecular complexity index is 302. The molecule has 0 spiro atoms. The zero-order valence-electron chi connectivity index (χ0n) is 6.84. The van der Waals surface area contributed by atoms with E-state index in [1.54, 1.807) is 0 Å². The van der Waals surface area contributed by atoms with Gasteiger partial charge in [-0.2, -0.15) is 0 Å². The molecule has 0 aliphatic carbocycles. The van der Waals surface area contributed by atoms with Crippen LogP contribution in [0.25, 0.3) is 0 Å². The van der Waals surface area contributed by atoms with E-state index in [-0.39, 0.29) is 18.2 Å². The Morgan fingerprint density at radius 3 is 2.69 bits per heavy atom. The molecule has 72 valence electrons. The molecule has 0 fully saturated rings. The summed E-state index contributed by atoms with van der Waals surface area (Å²) in [4.78, 5) is 0. The highest BCUT2D eigenvalue weighted by Crippen LogP contribution is 2.22. The maximum absolute atomic E-state index is 12.7. The molecule has 1 rings (SSSR count). The highest BCUT2D eigenvalue weighted by atomic mass is 35.5. The molecular formula is C9H10Cl2FN. The van der Waals surface area contributed by atoms with Crippen LogP contribution in [0.4, 0.5) is 4.39 Å². The molecule has 1 nitrogen and oxygen atoms in total. The molecule has 2 N–H and O–H groups in total. The maximum atomic E-state index is 12.7. The third-order valence-electron chi connectivity index (χ3n) is 1.57. The van der Waals surface area contributed by atoms with Gasteiger partial charge >= 0.3 is 0 Å². The lowest BCUT2D eigenvalue weighted by Crippen LogP contribution is -2.07. The number of hydrogen-bond donors (Lipinski definition) is 1. The van der Waals surface area contributed by atoms with Crippen molar-refractivity contribution < 1.29 is 4.39 Å². The summed E-state index contributed by atoms with van der Waals surface area (Å²) in [5.41, 5.74) is 6.16. The SMILES string of the molecule is C=C[C@H](N)c1cc(F)ccc1Cl.Cl. The fourth-order valence-corrected chi connectivity index (χ4v) is 1.14. The van der Waals surface area contributed by atoms with Gasteiger partial charge in [0.15, 0.2) is 0 Å². The standard InChI is InChI=1S/C9H9ClFN.ClH/c1-2-9(12)7-5-6(11)3-4-8(7)10;/h2-5,9H,1,12H2;1H/t9-;/m0./s1. The summed E-state index contributed by atoms with van der Waals surface area (Å²) in [6, 6.07) is 3.68. The second-order valence-corrected chi connectivity index (χ2v) is 2.83. The van der Waals surface area contributed by atoms with Crippen molar-refractivity contribution in [2.75, 3.05) is 0 Å². The molecule has 1 aromatic rings. The van der Waals surface area contributed by atoms with Crippen LogP contribution in [0, 0.1) is 5.82 Å². The first-order valence-corrected chi connectivity index (χ1v) is 3.86. The third kappa shape index (κ3) is 2.99. The Morgan fingerprint density at radius 1 is 1.54 bits per heavy atom. The molecule has 0 saturated heterocycles. The molecule has 0 bridgehead atoms. The van der Waals surface area contributed by atoms with Crippen LogP contribution in [0.1, 0.15) is 11.6 Å². The fourth-order valence-electron chi connectivity index (χ4n) is 0.897. The zero-order chi connectivity index (χ0) is 9.14. The number of hydrogen-bond acceptors (Lipinski definition) is 1. The maximum Gasteiger partial charge on any atom is 0.123 e. The van der Waals surface area contributed by atoms with Gasteiger partial charge in [-0.25, -0.2) is 4.39 Å². The van der Waals surface area contributed by atoms with Crippen molar-refractivity contribution >= 4 is 24.0 Å². The second-order valence-electron chi connectivity index (χ2n) is 2.43. The van der Waals surface area contributed by atoms with Crippen LogP contribution >= 0.6 is 24.0 Å². The molecule has 13 heavy (non-hydrogen) atoms. The van der Waals surface area contributed by atoms with E-state index in [4.69, 9.17) is 17.3 Å². The van der Waals surface area contributed by atoms with Gasteiger partial charge in [0.1, 0.15) is 5.82 Å². The van der Waals surface area contributed by atoms with Crippen molar-refractivity contribution in [3.8, 4) is 0 Å². The zero-order valence-corrected chi connectivity index (χ0v) is 8.41. The summed E-state index contributed by atoms with van der Waals surface area (Å²) in [5, 5.41) is 0.462. The highest BCUT2D eigenvalue weighted by molar-refractivity contribution is 6.31. The minimum atomic E-state index is -0.409. The number of halogens is 3. The van der Waals surface area contributed by atoms with Gasteiger partial charge in [0.2, 0.25) is 0 Å². The van der Waals surface area contributed by atoms with Gasteiger partial charge in [0.25, 0.3) is 0 Å². The van der Waals surface area contributed by atoms with Gasteiger partial charge in [-0.15, -0.1) is 19.0 Å². The van der Waals surface area contributed by atoms with Crippen LogP contribution in [0.2, 0.25) is 5.02 Å². The van der Waals surface area contributed by atoms with E-state index >= 15 is 0 Å². The van der Waals surface area contributed by atoms with Gasteiger partial charge in [-0.1, -0.05) is 17.7 Å². The molecule has 0 saturated carbocycles. The summed E-state index contributed by atoms with van der Waals surface area (Å²) in [6.07, 6.45) is 1.51. The highest BCUT2D eigenvalue weighted by Gasteiger charge is 2.06. The quantitative estimate of drug-likeness (QED) is 0.764. The molecule has 0 aliphatic heterocycles. The normalized spacial score (nSPS) is 11.6. The Morgan fingerprint density at radius 2 is 2.15 bits per heavy atom. The van der Waals surface area contributed by atoms with Crippen molar-refractivity contribution in [1.29, 1.82) is 0 Å². The lowest BCUT2D eigenvalue weighted by molar-refractivity contribution is 0.624. The molecule has 1 atom stereocenters. The number of benzene rings is 1. The van der Waals surface area contributed by atoms with E-state index in [2.05, 4.69) is 6.58 Å². The van der Waals surface area contributed by atoms with Crippen LogP contribution < -0.4 is 5.73 Å². The molecule has 1 aromatic carbocycles. The van der Waals surface area contributed by atoms with Crippen LogP contribution in [0.3, 0.4) is 0 Å². The summed E-state index contributed by atoms with van der Waals surface area (Å²) >= 11 is 5.78. The van der Waals surface area contributed by atoms with Gasteiger partial charge in [-0.05, 0) is 23.8 Å². The van der Waals surface area contributed by atoms with Crippen LogP contribution in [-0.4, -0.2) is 0 Å². The Hall–Kier alpha value is -0.570. The predicted molar refractivity (Wildman–Crippen MR) is 55.8 cm³/mol. The molecule has 0 aliphatic rings. The molecule has 0 aromatic heterocycles. The largest absolute Gasteiger partial charge is 0.321 e. The summed E-state index contributed by atoms with van der Waals surface area (Å²) < 4.78 is 12.7. The van der Waals surface area contributed by atoms with Gasteiger partial charge in [0.05, 0.1) is 0 Å². The lowest BCUT2D eigenvalue weighted by atomic mass is 10.1. The van der Waals surface area contributed by atoms with E-state index in [0.717, 1.165) is 0 Å². The first-order chi connectivity index (χ1) is 5.65. The van der Waals surface area contributed by atoms with Gasteiger partial charge in [-0.3, -0.25) is 0 Å². The van der Waals surface area contributed by atoms with Crippen molar-refractivity contribution in [1.82, 2.24) is 0 Å². The van der Waals surface area contributed by atoms with Gasteiger partial charge in [0, 0.05) is 11.1 Å². The predicted octanol–water partition coefficient (Wildman–Crippen LogP) is 3.09. The first kappa shape index (κ1) is 12.4. The topological polar surface area (TPSA) is 26.0 Å². The smallest absolute Gasteiger partial charge is 0.123 e. The lowest BCUT2D eigenvalue weighted by Gasteiger charge is -2.08. The Balaban J connectivity index is 0.00000144. The van der Waals surface area contributed by atoms with E-state index in [1.165, 1.54) is 24.3 Å².